The van der Waals surface area contributed by atoms with Crippen molar-refractivity contribution in [3.05, 3.63) is 76.6 Å². The van der Waals surface area contributed by atoms with E-state index in [1.165, 1.54) is 6.07 Å². The van der Waals surface area contributed by atoms with Gasteiger partial charge < -0.3 is 19.9 Å². The molecule has 0 bridgehead atoms. The predicted molar refractivity (Wildman–Crippen MR) is 115 cm³/mol. The van der Waals surface area contributed by atoms with Crippen molar-refractivity contribution in [1.29, 1.82) is 0 Å². The van der Waals surface area contributed by atoms with E-state index < -0.39 is 5.97 Å². The van der Waals surface area contributed by atoms with Crippen molar-refractivity contribution in [2.75, 3.05) is 18.5 Å². The monoisotopic (exact) mass is 405 g/mol. The number of rotatable bonds is 6. The van der Waals surface area contributed by atoms with Crippen molar-refractivity contribution in [3.63, 3.8) is 0 Å². The molecule has 2 heterocycles. The molecule has 7 heteroatoms. The second kappa shape index (κ2) is 8.92. The molecule has 1 amide bonds. The summed E-state index contributed by atoms with van der Waals surface area (Å²) in [6, 6.07) is 15.5. The van der Waals surface area contributed by atoms with Crippen LogP contribution in [0.25, 0.3) is 10.9 Å². The molecule has 154 valence electrons. The van der Waals surface area contributed by atoms with Gasteiger partial charge in [-0.25, -0.2) is 4.79 Å². The molecule has 1 fully saturated rings. The van der Waals surface area contributed by atoms with Gasteiger partial charge in [0.15, 0.2) is 5.43 Å². The van der Waals surface area contributed by atoms with Gasteiger partial charge in [-0.15, -0.1) is 0 Å². The highest BCUT2D eigenvalue weighted by molar-refractivity contribution is 5.95. The summed E-state index contributed by atoms with van der Waals surface area (Å²) >= 11 is 0. The summed E-state index contributed by atoms with van der Waals surface area (Å²) in [5.74, 6) is -0.671. The van der Waals surface area contributed by atoms with Crippen LogP contribution in [0.1, 0.15) is 23.2 Å². The molecule has 2 N–H and O–H groups in total. The van der Waals surface area contributed by atoms with E-state index in [4.69, 9.17) is 4.74 Å². The smallest absolute Gasteiger partial charge is 0.338 e. The van der Waals surface area contributed by atoms with Crippen LogP contribution < -0.4 is 16.1 Å². The topological polar surface area (TPSA) is 89.4 Å². The third kappa shape index (κ3) is 4.58. The zero-order chi connectivity index (χ0) is 20.9. The van der Waals surface area contributed by atoms with Crippen molar-refractivity contribution in [2.24, 2.45) is 0 Å². The van der Waals surface area contributed by atoms with Gasteiger partial charge in [0.05, 0.1) is 11.1 Å². The van der Waals surface area contributed by atoms with Crippen LogP contribution in [0.15, 0.2) is 65.6 Å². The molecule has 2 aromatic carbocycles. The van der Waals surface area contributed by atoms with Crippen LogP contribution in [0.3, 0.4) is 0 Å². The number of nitrogens with one attached hydrogen (secondary N) is 2. The van der Waals surface area contributed by atoms with Gasteiger partial charge in [0, 0.05) is 29.4 Å². The molecule has 1 saturated heterocycles. The second-order valence-electron chi connectivity index (χ2n) is 7.35. The quantitative estimate of drug-likeness (QED) is 0.615. The summed E-state index contributed by atoms with van der Waals surface area (Å²) in [7, 11) is 0. The van der Waals surface area contributed by atoms with Crippen LogP contribution in [0.2, 0.25) is 0 Å². The lowest BCUT2D eigenvalue weighted by atomic mass is 10.2. The number of hydrogen-bond donors (Lipinski definition) is 2. The van der Waals surface area contributed by atoms with Crippen LogP contribution in [-0.2, 0) is 16.1 Å². The Hall–Kier alpha value is -3.45. The zero-order valence-electron chi connectivity index (χ0n) is 16.5. The van der Waals surface area contributed by atoms with Gasteiger partial charge in [0.1, 0.15) is 13.2 Å². The number of amides is 1. The molecule has 0 aliphatic carbocycles. The van der Waals surface area contributed by atoms with Crippen molar-refractivity contribution in [1.82, 2.24) is 9.88 Å². The number of benzene rings is 2. The maximum absolute atomic E-state index is 12.6. The van der Waals surface area contributed by atoms with E-state index in [2.05, 4.69) is 10.6 Å². The van der Waals surface area contributed by atoms with E-state index in [0.717, 1.165) is 19.4 Å². The minimum Gasteiger partial charge on any atom is -0.460 e. The number of esters is 1. The molecule has 0 saturated carbocycles. The molecule has 1 aliphatic rings. The van der Waals surface area contributed by atoms with Crippen molar-refractivity contribution < 1.29 is 14.3 Å². The number of carbonyl (C=O) groups excluding carboxylic acids is 2. The summed E-state index contributed by atoms with van der Waals surface area (Å²) in [6.07, 6.45) is 3.70. The van der Waals surface area contributed by atoms with Crippen molar-refractivity contribution in [2.45, 2.75) is 25.4 Å². The van der Waals surface area contributed by atoms with Gasteiger partial charge in [-0.3, -0.25) is 9.59 Å². The predicted octanol–water partition coefficient (Wildman–Crippen LogP) is 2.55. The number of para-hydroxylation sites is 1. The molecule has 1 aromatic heterocycles. The molecule has 3 aromatic rings. The first-order valence-electron chi connectivity index (χ1n) is 9.99. The summed E-state index contributed by atoms with van der Waals surface area (Å²) in [5, 5.41) is 6.65. The third-order valence-electron chi connectivity index (χ3n) is 5.16. The van der Waals surface area contributed by atoms with Crippen molar-refractivity contribution in [3.8, 4) is 0 Å². The van der Waals surface area contributed by atoms with E-state index in [-0.39, 0.29) is 23.9 Å². The first-order chi connectivity index (χ1) is 14.6. The maximum atomic E-state index is 12.6. The van der Waals surface area contributed by atoms with E-state index >= 15 is 0 Å². The Balaban J connectivity index is 1.41. The molecule has 0 spiro atoms. The summed E-state index contributed by atoms with van der Waals surface area (Å²) < 4.78 is 7.10. The lowest BCUT2D eigenvalue weighted by molar-refractivity contribution is -0.116. The summed E-state index contributed by atoms with van der Waals surface area (Å²) in [4.78, 5) is 36.9. The number of aromatic nitrogens is 1. The Labute approximate surface area is 173 Å². The maximum Gasteiger partial charge on any atom is 0.338 e. The molecule has 4 rings (SSSR count). The number of pyridine rings is 1. The number of fused-ring (bicyclic) bond motifs is 1. The van der Waals surface area contributed by atoms with E-state index in [1.54, 1.807) is 53.2 Å². The van der Waals surface area contributed by atoms with E-state index in [1.807, 2.05) is 6.07 Å². The lowest BCUT2D eigenvalue weighted by Crippen LogP contribution is -2.28. The molecule has 7 nitrogen and oxygen atoms in total. The Morgan fingerprint density at radius 3 is 2.83 bits per heavy atom. The lowest BCUT2D eigenvalue weighted by Gasteiger charge is -2.13. The SMILES string of the molecule is O=C(Cn1ccc(=O)c2ccccc21)Nc1cccc(C(=O)OCC2CCCN2)c1. The summed E-state index contributed by atoms with van der Waals surface area (Å²) in [5.41, 5.74) is 1.51. The van der Waals surface area contributed by atoms with E-state index in [0.29, 0.717) is 28.8 Å². The fraction of sp³-hybridized carbons (Fsp3) is 0.261. The number of nitrogens with zero attached hydrogens (tertiary/aromatic N) is 1. The Morgan fingerprint density at radius 1 is 1.13 bits per heavy atom. The second-order valence-corrected chi connectivity index (χ2v) is 7.35. The van der Waals surface area contributed by atoms with Crippen LogP contribution in [0, 0.1) is 0 Å². The van der Waals surface area contributed by atoms with E-state index in [9.17, 15) is 14.4 Å². The molecule has 0 radical (unpaired) electrons. The van der Waals surface area contributed by atoms with Gasteiger partial charge in [0.25, 0.3) is 0 Å². The average Bonchev–Trinajstić information content (AvgIpc) is 3.28. The largest absolute Gasteiger partial charge is 0.460 e. The zero-order valence-corrected chi connectivity index (χ0v) is 16.5. The van der Waals surface area contributed by atoms with Gasteiger partial charge in [-0.1, -0.05) is 18.2 Å². The molecule has 1 atom stereocenters. The summed E-state index contributed by atoms with van der Waals surface area (Å²) in [6.45, 7) is 1.34. The highest BCUT2D eigenvalue weighted by Gasteiger charge is 2.17. The fourth-order valence-electron chi connectivity index (χ4n) is 3.64. The minimum absolute atomic E-state index is 0.0445. The normalized spacial score (nSPS) is 15.8. The minimum atomic E-state index is -0.411. The number of hydrogen-bond acceptors (Lipinski definition) is 5. The van der Waals surface area contributed by atoms with Crippen LogP contribution >= 0.6 is 0 Å². The highest BCUT2D eigenvalue weighted by atomic mass is 16.5. The Morgan fingerprint density at radius 2 is 2.00 bits per heavy atom. The number of anilines is 1. The first-order valence-corrected chi connectivity index (χ1v) is 9.99. The first kappa shape index (κ1) is 19.8. The van der Waals surface area contributed by atoms with Crippen LogP contribution in [0.4, 0.5) is 5.69 Å². The Bertz CT molecular complexity index is 1130. The molecular weight excluding hydrogens is 382 g/mol. The highest BCUT2D eigenvalue weighted by Crippen LogP contribution is 2.14. The molecular formula is C23H23N3O4. The van der Waals surface area contributed by atoms with Gasteiger partial charge in [-0.2, -0.15) is 0 Å². The standard InChI is InChI=1S/C23H23N3O4/c27-21-10-12-26(20-9-2-1-8-19(20)21)14-22(28)25-17-6-3-5-16(13-17)23(29)30-15-18-7-4-11-24-18/h1-3,5-6,8-10,12-13,18,24H,4,7,11,14-15H2,(H,25,28). The molecule has 30 heavy (non-hydrogen) atoms. The van der Waals surface area contributed by atoms with Crippen LogP contribution in [0.5, 0.6) is 0 Å². The van der Waals surface area contributed by atoms with Gasteiger partial charge in [0.2, 0.25) is 5.91 Å². The van der Waals surface area contributed by atoms with Gasteiger partial charge >= 0.3 is 5.97 Å². The Kier molecular flexibility index (Phi) is 5.90. The number of ether oxygens (including phenoxy) is 1. The average molecular weight is 405 g/mol. The third-order valence-corrected chi connectivity index (χ3v) is 5.16. The van der Waals surface area contributed by atoms with Crippen LogP contribution in [-0.4, -0.2) is 35.6 Å². The number of carbonyl (C=O) groups is 2. The molecule has 1 aliphatic heterocycles. The van der Waals surface area contributed by atoms with Crippen molar-refractivity contribution >= 4 is 28.5 Å². The molecule has 1 unspecified atom stereocenters. The fourth-order valence-corrected chi connectivity index (χ4v) is 3.64. The van der Waals surface area contributed by atoms with Gasteiger partial charge in [-0.05, 0) is 49.7 Å².